The summed E-state index contributed by atoms with van der Waals surface area (Å²) in [7, 11) is 0. The molecule has 2 heterocycles. The largest absolute Gasteiger partial charge is 0.394 e. The molecular weight excluding hydrogens is 352 g/mol. The van der Waals surface area contributed by atoms with Gasteiger partial charge in [-0.3, -0.25) is 4.79 Å². The van der Waals surface area contributed by atoms with Gasteiger partial charge in [0.15, 0.2) is 11.5 Å². The van der Waals surface area contributed by atoms with Crippen LogP contribution >= 0.6 is 11.6 Å². The fourth-order valence-corrected chi connectivity index (χ4v) is 3.97. The van der Waals surface area contributed by atoms with Gasteiger partial charge in [0.1, 0.15) is 0 Å². The van der Waals surface area contributed by atoms with Crippen molar-refractivity contribution in [3.63, 3.8) is 0 Å². The molecule has 138 valence electrons. The molecule has 2 aliphatic rings. The molecular formula is C19H23ClN4O2. The molecule has 0 bridgehead atoms. The van der Waals surface area contributed by atoms with Crippen LogP contribution in [0.1, 0.15) is 54.4 Å². The molecule has 4 atom stereocenters. The molecule has 2 aliphatic carbocycles. The molecule has 1 fully saturated rings. The van der Waals surface area contributed by atoms with Gasteiger partial charge in [-0.25, -0.2) is 9.67 Å². The molecule has 26 heavy (non-hydrogen) atoms. The summed E-state index contributed by atoms with van der Waals surface area (Å²) in [6, 6.07) is 3.34. The summed E-state index contributed by atoms with van der Waals surface area (Å²) in [5, 5.41) is 17.7. The summed E-state index contributed by atoms with van der Waals surface area (Å²) < 4.78 is 1.80. The van der Waals surface area contributed by atoms with E-state index in [0.29, 0.717) is 28.4 Å². The zero-order chi connectivity index (χ0) is 18.4. The van der Waals surface area contributed by atoms with Crippen LogP contribution in [0, 0.1) is 11.8 Å². The summed E-state index contributed by atoms with van der Waals surface area (Å²) in [5.41, 5.74) is 2.60. The molecule has 0 unspecified atom stereocenters. The predicted octanol–water partition coefficient (Wildman–Crippen LogP) is 2.72. The lowest BCUT2D eigenvalue weighted by molar-refractivity contribution is 0.0885. The molecule has 0 spiro atoms. The smallest absolute Gasteiger partial charge is 0.272 e. The SMILES string of the molecule is CC[C@H](C)[C@@H](CO)NC(=O)c1nn(-c2ccc(Cl)cn2)c2c1C[C@H]1C[C@@H]21. The summed E-state index contributed by atoms with van der Waals surface area (Å²) in [6.45, 7) is 4.00. The van der Waals surface area contributed by atoms with E-state index in [1.165, 1.54) is 0 Å². The molecule has 0 aliphatic heterocycles. The van der Waals surface area contributed by atoms with Crippen molar-refractivity contribution >= 4 is 17.5 Å². The van der Waals surface area contributed by atoms with Gasteiger partial charge in [0.25, 0.3) is 5.91 Å². The lowest BCUT2D eigenvalue weighted by atomic mass is 9.99. The zero-order valence-electron chi connectivity index (χ0n) is 14.9. The van der Waals surface area contributed by atoms with Crippen LogP contribution in [0.4, 0.5) is 0 Å². The van der Waals surface area contributed by atoms with E-state index < -0.39 is 0 Å². The Bertz CT molecular complexity index is 833. The summed E-state index contributed by atoms with van der Waals surface area (Å²) >= 11 is 5.95. The van der Waals surface area contributed by atoms with E-state index in [4.69, 9.17) is 11.6 Å². The van der Waals surface area contributed by atoms with Gasteiger partial charge >= 0.3 is 0 Å². The average Bonchev–Trinajstić information content (AvgIpc) is 3.15. The van der Waals surface area contributed by atoms with E-state index in [9.17, 15) is 9.90 Å². The highest BCUT2D eigenvalue weighted by Gasteiger charge is 2.50. The van der Waals surface area contributed by atoms with Gasteiger partial charge in [-0.05, 0) is 36.8 Å². The molecule has 1 amide bonds. The van der Waals surface area contributed by atoms with Crippen molar-refractivity contribution in [1.29, 1.82) is 0 Å². The Hall–Kier alpha value is -1.92. The van der Waals surface area contributed by atoms with Crippen LogP contribution in [0.2, 0.25) is 5.02 Å². The van der Waals surface area contributed by atoms with Crippen LogP contribution in [-0.4, -0.2) is 38.4 Å². The number of aliphatic hydroxyl groups excluding tert-OH is 1. The minimum atomic E-state index is -0.266. The van der Waals surface area contributed by atoms with Gasteiger partial charge < -0.3 is 10.4 Å². The Morgan fingerprint density at radius 3 is 2.96 bits per heavy atom. The molecule has 0 saturated heterocycles. The number of aromatic nitrogens is 3. The number of carbonyl (C=O) groups excluding carboxylic acids is 1. The van der Waals surface area contributed by atoms with E-state index in [0.717, 1.165) is 30.5 Å². The van der Waals surface area contributed by atoms with Crippen molar-refractivity contribution in [2.75, 3.05) is 6.61 Å². The number of hydrogen-bond acceptors (Lipinski definition) is 4. The number of carbonyl (C=O) groups is 1. The third kappa shape index (κ3) is 2.91. The Labute approximate surface area is 157 Å². The van der Waals surface area contributed by atoms with Gasteiger partial charge in [-0.1, -0.05) is 31.9 Å². The highest BCUT2D eigenvalue weighted by Crippen LogP contribution is 2.57. The second-order valence-electron chi connectivity index (χ2n) is 7.41. The van der Waals surface area contributed by atoms with Crippen molar-refractivity contribution in [2.24, 2.45) is 11.8 Å². The van der Waals surface area contributed by atoms with Crippen LogP contribution in [0.3, 0.4) is 0 Å². The number of nitrogens with zero attached hydrogens (tertiary/aromatic N) is 3. The predicted molar refractivity (Wildman–Crippen MR) is 98.7 cm³/mol. The number of rotatable bonds is 6. The van der Waals surface area contributed by atoms with Gasteiger partial charge in [-0.15, -0.1) is 0 Å². The first-order valence-corrected chi connectivity index (χ1v) is 9.56. The maximum Gasteiger partial charge on any atom is 0.272 e. The van der Waals surface area contributed by atoms with Crippen LogP contribution in [0.15, 0.2) is 18.3 Å². The van der Waals surface area contributed by atoms with Gasteiger partial charge in [0.05, 0.1) is 23.4 Å². The van der Waals surface area contributed by atoms with Crippen LogP contribution in [-0.2, 0) is 6.42 Å². The monoisotopic (exact) mass is 374 g/mol. The number of nitrogens with one attached hydrogen (secondary N) is 1. The van der Waals surface area contributed by atoms with Crippen molar-refractivity contribution < 1.29 is 9.90 Å². The molecule has 2 aromatic heterocycles. The average molecular weight is 375 g/mol. The van der Waals surface area contributed by atoms with Crippen molar-refractivity contribution in [3.8, 4) is 5.82 Å². The normalized spacial score (nSPS) is 22.5. The molecule has 0 radical (unpaired) electrons. The summed E-state index contributed by atoms with van der Waals surface area (Å²) in [4.78, 5) is 17.2. The highest BCUT2D eigenvalue weighted by atomic mass is 35.5. The minimum Gasteiger partial charge on any atom is -0.394 e. The number of pyridine rings is 1. The molecule has 2 aromatic rings. The lowest BCUT2D eigenvalue weighted by Gasteiger charge is -2.21. The Morgan fingerprint density at radius 2 is 2.31 bits per heavy atom. The van der Waals surface area contributed by atoms with Crippen molar-refractivity contribution in [2.45, 2.75) is 45.1 Å². The summed E-state index contributed by atoms with van der Waals surface area (Å²) in [5.74, 6) is 1.76. The first kappa shape index (κ1) is 17.5. The molecule has 7 heteroatoms. The Morgan fingerprint density at radius 1 is 1.50 bits per heavy atom. The summed E-state index contributed by atoms with van der Waals surface area (Å²) in [6.07, 6.45) is 4.52. The molecule has 2 N–H and O–H groups in total. The van der Waals surface area contributed by atoms with Gasteiger partial charge in [-0.2, -0.15) is 5.10 Å². The third-order valence-electron chi connectivity index (χ3n) is 5.75. The second kappa shape index (κ2) is 6.67. The quantitative estimate of drug-likeness (QED) is 0.814. The number of amides is 1. The fraction of sp³-hybridized carbons (Fsp3) is 0.526. The van der Waals surface area contributed by atoms with E-state index in [1.807, 2.05) is 19.9 Å². The lowest BCUT2D eigenvalue weighted by Crippen LogP contribution is -2.42. The second-order valence-corrected chi connectivity index (χ2v) is 7.85. The van der Waals surface area contributed by atoms with E-state index >= 15 is 0 Å². The molecule has 4 rings (SSSR count). The topological polar surface area (TPSA) is 80.0 Å². The Kier molecular flexibility index (Phi) is 4.49. The van der Waals surface area contributed by atoms with E-state index in [2.05, 4.69) is 15.4 Å². The maximum absolute atomic E-state index is 12.9. The van der Waals surface area contributed by atoms with Crippen molar-refractivity contribution in [3.05, 3.63) is 40.3 Å². The fourth-order valence-electron chi connectivity index (χ4n) is 3.86. The molecule has 1 saturated carbocycles. The van der Waals surface area contributed by atoms with Crippen LogP contribution in [0.25, 0.3) is 5.82 Å². The van der Waals surface area contributed by atoms with Crippen LogP contribution in [0.5, 0.6) is 0 Å². The van der Waals surface area contributed by atoms with E-state index in [1.54, 1.807) is 16.9 Å². The number of hydrogen-bond donors (Lipinski definition) is 2. The highest BCUT2D eigenvalue weighted by molar-refractivity contribution is 6.30. The Balaban J connectivity index is 1.67. The molecule has 0 aromatic carbocycles. The number of aliphatic hydroxyl groups is 1. The zero-order valence-corrected chi connectivity index (χ0v) is 15.7. The van der Waals surface area contributed by atoms with Crippen molar-refractivity contribution in [1.82, 2.24) is 20.1 Å². The number of fused-ring (bicyclic) bond motifs is 3. The first-order valence-electron chi connectivity index (χ1n) is 9.18. The number of halogens is 1. The van der Waals surface area contributed by atoms with E-state index in [-0.39, 0.29) is 24.5 Å². The standard InChI is InChI=1S/C19H23ClN4O2/c1-3-10(2)15(9-25)22-19(26)17-14-7-11-6-13(11)18(14)24(23-17)16-5-4-12(20)8-21-16/h4-5,8,10-11,13,15,25H,3,6-7,9H2,1-2H3,(H,22,26)/t10-,11+,13+,15+/m0/s1. The van der Waals surface area contributed by atoms with Gasteiger partial charge in [0.2, 0.25) is 0 Å². The third-order valence-corrected chi connectivity index (χ3v) is 5.97. The maximum atomic E-state index is 12.9. The van der Waals surface area contributed by atoms with Gasteiger partial charge in [0, 0.05) is 17.7 Å². The first-order chi connectivity index (χ1) is 12.5. The minimum absolute atomic E-state index is 0.0758. The molecule has 6 nitrogen and oxygen atoms in total. The van der Waals surface area contributed by atoms with Crippen LogP contribution < -0.4 is 5.32 Å².